The first kappa shape index (κ1) is 19.5. The predicted molar refractivity (Wildman–Crippen MR) is 99.3 cm³/mol. The summed E-state index contributed by atoms with van der Waals surface area (Å²) in [4.78, 5) is 2.78. The van der Waals surface area contributed by atoms with Crippen molar-refractivity contribution < 1.29 is 0 Å². The number of hydrogen-bond acceptors (Lipinski definition) is 1. The average Bonchev–Trinajstić information content (AvgIpc) is 2.67. The van der Waals surface area contributed by atoms with Gasteiger partial charge >= 0.3 is 0 Å². The quantitative estimate of drug-likeness (QED) is 0.354. The van der Waals surface area contributed by atoms with Gasteiger partial charge in [0.25, 0.3) is 0 Å². The van der Waals surface area contributed by atoms with Crippen molar-refractivity contribution in [1.82, 2.24) is 4.90 Å². The fourth-order valence-corrected chi connectivity index (χ4v) is 4.18. The topological polar surface area (TPSA) is 3.24 Å². The monoisotopic (exact) mass is 359 g/mol. The Labute approximate surface area is 142 Å². The first-order valence-corrected chi connectivity index (χ1v) is 10.4. The van der Waals surface area contributed by atoms with Crippen molar-refractivity contribution in [2.75, 3.05) is 25.0 Å². The van der Waals surface area contributed by atoms with Gasteiger partial charge in [-0.05, 0) is 56.0 Å². The molecule has 0 atom stereocenters. The second-order valence-electron chi connectivity index (χ2n) is 8.19. The Morgan fingerprint density at radius 2 is 1.33 bits per heavy atom. The molecule has 0 heterocycles. The van der Waals surface area contributed by atoms with E-state index < -0.39 is 0 Å². The average molecular weight is 360 g/mol. The van der Waals surface area contributed by atoms with Crippen molar-refractivity contribution in [2.45, 2.75) is 79.1 Å². The molecule has 0 aliphatic heterocycles. The highest BCUT2D eigenvalue weighted by atomic mass is 79.9. The summed E-state index contributed by atoms with van der Waals surface area (Å²) in [7, 11) is 0. The van der Waals surface area contributed by atoms with Gasteiger partial charge in [0, 0.05) is 11.9 Å². The number of hydrogen-bond donors (Lipinski definition) is 0. The zero-order chi connectivity index (χ0) is 15.7. The van der Waals surface area contributed by atoms with E-state index in [1.807, 2.05) is 0 Å². The Hall–Kier alpha value is 0.440. The highest BCUT2D eigenvalue weighted by molar-refractivity contribution is 9.09. The van der Waals surface area contributed by atoms with Crippen LogP contribution in [0.15, 0.2) is 0 Å². The minimum Gasteiger partial charge on any atom is -0.303 e. The Morgan fingerprint density at radius 1 is 0.857 bits per heavy atom. The summed E-state index contributed by atoms with van der Waals surface area (Å²) in [5.74, 6) is 1.64. The molecule has 0 amide bonds. The summed E-state index contributed by atoms with van der Waals surface area (Å²) < 4.78 is 0. The van der Waals surface area contributed by atoms with Gasteiger partial charge < -0.3 is 4.90 Å². The van der Waals surface area contributed by atoms with E-state index in [1.165, 1.54) is 76.3 Å². The summed E-state index contributed by atoms with van der Waals surface area (Å²) in [6.45, 7) is 13.3. The van der Waals surface area contributed by atoms with Gasteiger partial charge in [-0.2, -0.15) is 0 Å². The van der Waals surface area contributed by atoms with Crippen LogP contribution in [0.1, 0.15) is 79.1 Å². The van der Waals surface area contributed by atoms with Gasteiger partial charge in [-0.1, -0.05) is 69.3 Å². The maximum atomic E-state index is 3.86. The van der Waals surface area contributed by atoms with Crippen LogP contribution in [0.25, 0.3) is 0 Å². The minimum atomic E-state index is 0.546. The van der Waals surface area contributed by atoms with E-state index in [9.17, 15) is 0 Å². The Bertz CT molecular complexity index is 242. The predicted octanol–water partition coefficient (Wildman–Crippen LogP) is 6.12. The van der Waals surface area contributed by atoms with Crippen LogP contribution < -0.4 is 0 Å². The third kappa shape index (κ3) is 8.02. The molecule has 0 unspecified atom stereocenters. The molecule has 0 aromatic carbocycles. The van der Waals surface area contributed by atoms with Crippen LogP contribution in [-0.2, 0) is 0 Å². The van der Waals surface area contributed by atoms with E-state index in [1.54, 1.807) is 0 Å². The van der Waals surface area contributed by atoms with Gasteiger partial charge in [0.15, 0.2) is 0 Å². The molecule has 0 spiro atoms. The first-order chi connectivity index (χ1) is 9.97. The van der Waals surface area contributed by atoms with E-state index in [2.05, 4.69) is 48.5 Å². The van der Waals surface area contributed by atoms with Gasteiger partial charge in [-0.3, -0.25) is 0 Å². The van der Waals surface area contributed by atoms with E-state index in [0.29, 0.717) is 5.41 Å². The molecule has 0 aromatic heterocycles. The van der Waals surface area contributed by atoms with Gasteiger partial charge in [0.05, 0.1) is 0 Å². The molecule has 1 aliphatic rings. The zero-order valence-corrected chi connectivity index (χ0v) is 16.6. The molecule has 0 radical (unpaired) electrons. The smallest absolute Gasteiger partial charge is 0.0100 e. The summed E-state index contributed by atoms with van der Waals surface area (Å²) in [5.41, 5.74) is 0.546. The zero-order valence-electron chi connectivity index (χ0n) is 15.0. The van der Waals surface area contributed by atoms with Crippen LogP contribution in [0, 0.1) is 17.3 Å². The molecule has 0 bridgehead atoms. The van der Waals surface area contributed by atoms with E-state index in [4.69, 9.17) is 0 Å². The molecule has 21 heavy (non-hydrogen) atoms. The lowest BCUT2D eigenvalue weighted by atomic mass is 9.81. The van der Waals surface area contributed by atoms with E-state index in [-0.39, 0.29) is 0 Å². The molecule has 0 saturated heterocycles. The molecule has 1 nitrogen and oxygen atoms in total. The number of nitrogens with zero attached hydrogens (tertiary/aromatic N) is 1. The van der Waals surface area contributed by atoms with Crippen LogP contribution >= 0.6 is 15.9 Å². The van der Waals surface area contributed by atoms with Crippen molar-refractivity contribution >= 4 is 15.9 Å². The third-order valence-corrected chi connectivity index (χ3v) is 6.24. The SMILES string of the molecule is CC(C)CCN(CCC(C)C)CC1(CBr)CCCCCC1. The lowest BCUT2D eigenvalue weighted by Gasteiger charge is -2.37. The molecular formula is C19H38BrN. The number of halogens is 1. The Balaban J connectivity index is 2.61. The first-order valence-electron chi connectivity index (χ1n) is 9.26. The van der Waals surface area contributed by atoms with Crippen LogP contribution in [0.2, 0.25) is 0 Å². The lowest BCUT2D eigenvalue weighted by molar-refractivity contribution is 0.140. The summed E-state index contributed by atoms with van der Waals surface area (Å²) in [6, 6.07) is 0. The lowest BCUT2D eigenvalue weighted by Crippen LogP contribution is -2.40. The summed E-state index contributed by atoms with van der Waals surface area (Å²) in [6.07, 6.45) is 11.3. The fraction of sp³-hybridized carbons (Fsp3) is 1.00. The van der Waals surface area contributed by atoms with Gasteiger partial charge in [-0.25, -0.2) is 0 Å². The van der Waals surface area contributed by atoms with Gasteiger partial charge in [-0.15, -0.1) is 0 Å². The number of rotatable bonds is 9. The summed E-state index contributed by atoms with van der Waals surface area (Å²) in [5, 5.41) is 1.19. The van der Waals surface area contributed by atoms with E-state index in [0.717, 1.165) is 11.8 Å². The van der Waals surface area contributed by atoms with Crippen molar-refractivity contribution in [3.63, 3.8) is 0 Å². The molecule has 2 heteroatoms. The summed E-state index contributed by atoms with van der Waals surface area (Å²) >= 11 is 3.86. The molecular weight excluding hydrogens is 322 g/mol. The molecule has 126 valence electrons. The molecule has 1 saturated carbocycles. The molecule has 1 aliphatic carbocycles. The highest BCUT2D eigenvalue weighted by Gasteiger charge is 2.31. The van der Waals surface area contributed by atoms with Crippen molar-refractivity contribution in [3.05, 3.63) is 0 Å². The second-order valence-corrected chi connectivity index (χ2v) is 8.75. The molecule has 0 aromatic rings. The Kier molecular flexibility index (Phi) is 9.52. The fourth-order valence-electron chi connectivity index (χ4n) is 3.44. The standard InChI is InChI=1S/C19H38BrN/c1-17(2)9-13-21(14-10-18(3)4)16-19(15-20)11-7-5-6-8-12-19/h17-18H,5-16H2,1-4H3. The molecule has 1 rings (SSSR count). The van der Waals surface area contributed by atoms with Crippen LogP contribution in [-0.4, -0.2) is 29.9 Å². The maximum absolute atomic E-state index is 3.86. The van der Waals surface area contributed by atoms with Crippen molar-refractivity contribution in [1.29, 1.82) is 0 Å². The van der Waals surface area contributed by atoms with Crippen molar-refractivity contribution in [2.24, 2.45) is 17.3 Å². The van der Waals surface area contributed by atoms with Crippen LogP contribution in [0.3, 0.4) is 0 Å². The van der Waals surface area contributed by atoms with Crippen LogP contribution in [0.5, 0.6) is 0 Å². The second kappa shape index (κ2) is 10.3. The van der Waals surface area contributed by atoms with Crippen molar-refractivity contribution in [3.8, 4) is 0 Å². The number of alkyl halides is 1. The maximum Gasteiger partial charge on any atom is 0.0100 e. The van der Waals surface area contributed by atoms with Gasteiger partial charge in [0.2, 0.25) is 0 Å². The van der Waals surface area contributed by atoms with E-state index >= 15 is 0 Å². The minimum absolute atomic E-state index is 0.546. The molecule has 0 N–H and O–H groups in total. The van der Waals surface area contributed by atoms with Crippen LogP contribution in [0.4, 0.5) is 0 Å². The largest absolute Gasteiger partial charge is 0.303 e. The third-order valence-electron chi connectivity index (χ3n) is 5.05. The van der Waals surface area contributed by atoms with Gasteiger partial charge in [0.1, 0.15) is 0 Å². The Morgan fingerprint density at radius 3 is 1.71 bits per heavy atom. The molecule has 1 fully saturated rings. The normalized spacial score (nSPS) is 19.4. The highest BCUT2D eigenvalue weighted by Crippen LogP contribution is 2.37.